The van der Waals surface area contributed by atoms with Crippen LogP contribution in [0.1, 0.15) is 25.2 Å². The Morgan fingerprint density at radius 2 is 2.25 bits per heavy atom. The molecule has 0 saturated carbocycles. The Labute approximate surface area is 94.8 Å². The molecule has 6 nitrogen and oxygen atoms in total. The van der Waals surface area contributed by atoms with Crippen molar-refractivity contribution in [2.24, 2.45) is 0 Å². The molecule has 0 saturated heterocycles. The zero-order valence-corrected chi connectivity index (χ0v) is 10.1. The van der Waals surface area contributed by atoms with E-state index in [1.54, 1.807) is 11.6 Å². The number of hydrogen-bond acceptors (Lipinski definition) is 4. The average molecular weight is 226 g/mol. The molecule has 1 aromatic rings. The van der Waals surface area contributed by atoms with E-state index in [9.17, 15) is 10.1 Å². The Bertz CT molecular complexity index is 386. The zero-order chi connectivity index (χ0) is 12.3. The highest BCUT2D eigenvalue weighted by Gasteiger charge is 2.25. The Morgan fingerprint density at radius 3 is 2.69 bits per heavy atom. The van der Waals surface area contributed by atoms with E-state index in [4.69, 9.17) is 0 Å². The summed E-state index contributed by atoms with van der Waals surface area (Å²) >= 11 is 0. The summed E-state index contributed by atoms with van der Waals surface area (Å²) < 4.78 is 1.71. The van der Waals surface area contributed by atoms with Crippen molar-refractivity contribution in [1.29, 1.82) is 0 Å². The van der Waals surface area contributed by atoms with Crippen LogP contribution in [0.3, 0.4) is 0 Å². The van der Waals surface area contributed by atoms with Crippen LogP contribution in [0, 0.1) is 17.0 Å². The molecule has 1 heterocycles. The molecular weight excluding hydrogens is 208 g/mol. The third kappa shape index (κ3) is 2.38. The summed E-state index contributed by atoms with van der Waals surface area (Å²) in [5.74, 6) is 0. The third-order valence-electron chi connectivity index (χ3n) is 2.67. The molecule has 0 fully saturated rings. The van der Waals surface area contributed by atoms with Gasteiger partial charge in [0.15, 0.2) is 0 Å². The smallest absolute Gasteiger partial charge is 0.313 e. The molecule has 16 heavy (non-hydrogen) atoms. The summed E-state index contributed by atoms with van der Waals surface area (Å²) in [7, 11) is 1.84. The Balaban J connectivity index is 3.16. The molecule has 1 unspecified atom stereocenters. The fourth-order valence-corrected chi connectivity index (χ4v) is 1.71. The van der Waals surface area contributed by atoms with Gasteiger partial charge in [0, 0.05) is 19.0 Å². The van der Waals surface area contributed by atoms with Crippen molar-refractivity contribution in [3.05, 3.63) is 21.5 Å². The summed E-state index contributed by atoms with van der Waals surface area (Å²) in [6, 6.07) is 0.195. The number of hydrogen-bond donors (Lipinski definition) is 1. The second kappa shape index (κ2) is 5.07. The molecule has 0 aliphatic rings. The van der Waals surface area contributed by atoms with E-state index in [-0.39, 0.29) is 16.7 Å². The van der Waals surface area contributed by atoms with Gasteiger partial charge in [0.05, 0.1) is 4.92 Å². The molecule has 1 atom stereocenters. The maximum absolute atomic E-state index is 11.0. The molecule has 0 aliphatic heterocycles. The topological polar surface area (TPSA) is 73.0 Å². The van der Waals surface area contributed by atoms with E-state index < -0.39 is 0 Å². The number of nitrogens with one attached hydrogen (secondary N) is 1. The summed E-state index contributed by atoms with van der Waals surface area (Å²) in [5.41, 5.74) is 1.35. The van der Waals surface area contributed by atoms with Crippen LogP contribution in [0.25, 0.3) is 0 Å². The van der Waals surface area contributed by atoms with E-state index in [1.807, 2.05) is 20.9 Å². The minimum Gasteiger partial charge on any atom is -0.317 e. The van der Waals surface area contributed by atoms with E-state index in [2.05, 4.69) is 10.4 Å². The molecule has 0 aromatic carbocycles. The first-order valence-corrected chi connectivity index (χ1v) is 5.39. The lowest BCUT2D eigenvalue weighted by Crippen LogP contribution is -2.25. The highest BCUT2D eigenvalue weighted by molar-refractivity contribution is 5.41. The maximum Gasteiger partial charge on any atom is 0.313 e. The van der Waals surface area contributed by atoms with Crippen LogP contribution in [0.5, 0.6) is 0 Å². The van der Waals surface area contributed by atoms with Gasteiger partial charge in [-0.25, -0.2) is 0 Å². The molecule has 0 radical (unpaired) electrons. The highest BCUT2D eigenvalue weighted by atomic mass is 16.6. The lowest BCUT2D eigenvalue weighted by molar-refractivity contribution is -0.386. The van der Waals surface area contributed by atoms with Crippen molar-refractivity contribution in [3.63, 3.8) is 0 Å². The molecule has 0 bridgehead atoms. The second-order valence-corrected chi connectivity index (χ2v) is 3.85. The van der Waals surface area contributed by atoms with Gasteiger partial charge < -0.3 is 5.32 Å². The average Bonchev–Trinajstić information content (AvgIpc) is 2.54. The Kier molecular flexibility index (Phi) is 4.00. The highest BCUT2D eigenvalue weighted by Crippen LogP contribution is 2.24. The zero-order valence-electron chi connectivity index (χ0n) is 10.1. The minimum absolute atomic E-state index is 0.156. The minimum atomic E-state index is -0.341. The quantitative estimate of drug-likeness (QED) is 0.606. The van der Waals surface area contributed by atoms with Gasteiger partial charge in [-0.1, -0.05) is 0 Å². The summed E-state index contributed by atoms with van der Waals surface area (Å²) in [5, 5.41) is 18.2. The van der Waals surface area contributed by atoms with E-state index >= 15 is 0 Å². The van der Waals surface area contributed by atoms with Gasteiger partial charge >= 0.3 is 5.69 Å². The molecule has 1 rings (SSSR count). The fraction of sp³-hybridized carbons (Fsp3) is 0.700. The fourth-order valence-electron chi connectivity index (χ4n) is 1.71. The standard InChI is InChI=1S/C10H18N4O2/c1-5-13-9(6-7(2)11-4)10(14(15)16)8(3)12-13/h7,11H,5-6H2,1-4H3. The number of nitrogens with zero attached hydrogens (tertiary/aromatic N) is 3. The van der Waals surface area contributed by atoms with Crippen LogP contribution in [-0.4, -0.2) is 27.8 Å². The number of aromatic nitrogens is 2. The summed E-state index contributed by atoms with van der Waals surface area (Å²) in [4.78, 5) is 10.6. The molecule has 0 spiro atoms. The summed E-state index contributed by atoms with van der Waals surface area (Å²) in [6.07, 6.45) is 0.613. The van der Waals surface area contributed by atoms with E-state index in [0.717, 1.165) is 0 Å². The van der Waals surface area contributed by atoms with Crippen LogP contribution in [0.4, 0.5) is 5.69 Å². The van der Waals surface area contributed by atoms with Crippen molar-refractivity contribution in [2.75, 3.05) is 7.05 Å². The van der Waals surface area contributed by atoms with Crippen LogP contribution < -0.4 is 5.32 Å². The van der Waals surface area contributed by atoms with E-state index in [0.29, 0.717) is 24.4 Å². The maximum atomic E-state index is 11.0. The van der Waals surface area contributed by atoms with Gasteiger partial charge in [-0.2, -0.15) is 5.10 Å². The molecular formula is C10H18N4O2. The first kappa shape index (κ1) is 12.6. The largest absolute Gasteiger partial charge is 0.317 e. The normalized spacial score (nSPS) is 12.8. The lowest BCUT2D eigenvalue weighted by atomic mass is 10.1. The molecule has 1 aromatic heterocycles. The first-order valence-electron chi connectivity index (χ1n) is 5.39. The van der Waals surface area contributed by atoms with Crippen molar-refractivity contribution < 1.29 is 4.92 Å². The Morgan fingerprint density at radius 1 is 1.62 bits per heavy atom. The predicted octanol–water partition coefficient (Wildman–Crippen LogP) is 1.27. The van der Waals surface area contributed by atoms with Crippen molar-refractivity contribution in [2.45, 2.75) is 39.8 Å². The third-order valence-corrected chi connectivity index (χ3v) is 2.67. The number of rotatable bonds is 5. The Hall–Kier alpha value is -1.43. The lowest BCUT2D eigenvalue weighted by Gasteiger charge is -2.10. The molecule has 6 heteroatoms. The molecule has 0 amide bonds. The van der Waals surface area contributed by atoms with Crippen LogP contribution in [-0.2, 0) is 13.0 Å². The van der Waals surface area contributed by atoms with Crippen LogP contribution >= 0.6 is 0 Å². The van der Waals surface area contributed by atoms with Crippen molar-refractivity contribution in [1.82, 2.24) is 15.1 Å². The number of likely N-dealkylation sites (N-methyl/N-ethyl adjacent to an activating group) is 1. The number of aryl methyl sites for hydroxylation is 2. The molecule has 1 N–H and O–H groups in total. The predicted molar refractivity (Wildman–Crippen MR) is 61.5 cm³/mol. The van der Waals surface area contributed by atoms with E-state index in [1.165, 1.54) is 0 Å². The van der Waals surface area contributed by atoms with Gasteiger partial charge in [-0.05, 0) is 27.8 Å². The molecule has 90 valence electrons. The SMILES string of the molecule is CCn1nc(C)c([N+](=O)[O-])c1CC(C)NC. The van der Waals surface area contributed by atoms with Gasteiger partial charge in [-0.3, -0.25) is 14.8 Å². The van der Waals surface area contributed by atoms with Gasteiger partial charge in [0.2, 0.25) is 0 Å². The van der Waals surface area contributed by atoms with Gasteiger partial charge in [-0.15, -0.1) is 0 Å². The second-order valence-electron chi connectivity index (χ2n) is 3.85. The summed E-state index contributed by atoms with van der Waals surface area (Å²) in [6.45, 7) is 6.26. The van der Waals surface area contributed by atoms with Crippen molar-refractivity contribution in [3.8, 4) is 0 Å². The molecule has 0 aliphatic carbocycles. The number of nitro groups is 1. The van der Waals surface area contributed by atoms with Gasteiger partial charge in [0.25, 0.3) is 0 Å². The first-order chi connectivity index (χ1) is 7.51. The van der Waals surface area contributed by atoms with Gasteiger partial charge in [0.1, 0.15) is 11.4 Å². The van der Waals surface area contributed by atoms with Crippen LogP contribution in [0.15, 0.2) is 0 Å². The monoisotopic (exact) mass is 226 g/mol. The van der Waals surface area contributed by atoms with Crippen molar-refractivity contribution >= 4 is 5.69 Å². The van der Waals surface area contributed by atoms with Crippen LogP contribution in [0.2, 0.25) is 0 Å².